The molecule has 0 saturated heterocycles. The quantitative estimate of drug-likeness (QED) is 0.868. The largest absolute Gasteiger partial charge is 0.497 e. The zero-order chi connectivity index (χ0) is 12.4. The molecule has 0 amide bonds. The van der Waals surface area contributed by atoms with Gasteiger partial charge in [-0.25, -0.2) is 0 Å². The van der Waals surface area contributed by atoms with Crippen LogP contribution in [0.2, 0.25) is 0 Å². The van der Waals surface area contributed by atoms with Crippen molar-refractivity contribution in [2.24, 2.45) is 5.92 Å². The molecule has 4 nitrogen and oxygen atoms in total. The zero-order valence-corrected chi connectivity index (χ0v) is 10.3. The van der Waals surface area contributed by atoms with Crippen LogP contribution in [0.15, 0.2) is 29.2 Å². The van der Waals surface area contributed by atoms with Crippen molar-refractivity contribution in [1.29, 1.82) is 0 Å². The summed E-state index contributed by atoms with van der Waals surface area (Å²) in [6.07, 6.45) is 1.71. The summed E-state index contributed by atoms with van der Waals surface area (Å²) in [7, 11) is 0.0151. The normalized spacial score (nSPS) is 18.4. The first kappa shape index (κ1) is 12.1. The Morgan fingerprint density at radius 3 is 2.76 bits per heavy atom. The summed E-state index contributed by atoms with van der Waals surface area (Å²) in [6.45, 7) is 0. The van der Waals surface area contributed by atoms with Crippen LogP contribution in [0, 0.1) is 5.92 Å². The molecular formula is C12H14O4S. The number of carboxylic acids is 1. The third-order valence-corrected chi connectivity index (χ3v) is 4.56. The van der Waals surface area contributed by atoms with Gasteiger partial charge in [-0.15, -0.1) is 0 Å². The van der Waals surface area contributed by atoms with Crippen LogP contribution in [0.1, 0.15) is 12.8 Å². The van der Waals surface area contributed by atoms with Gasteiger partial charge in [0.05, 0.1) is 17.9 Å². The van der Waals surface area contributed by atoms with Gasteiger partial charge in [0, 0.05) is 4.90 Å². The van der Waals surface area contributed by atoms with E-state index in [1.165, 1.54) is 7.11 Å². The van der Waals surface area contributed by atoms with E-state index >= 15 is 0 Å². The fourth-order valence-electron chi connectivity index (χ4n) is 1.74. The number of methoxy groups -OCH3 is 1. The lowest BCUT2D eigenvalue weighted by Gasteiger charge is -2.11. The summed E-state index contributed by atoms with van der Waals surface area (Å²) in [5.74, 6) is -0.330. The van der Waals surface area contributed by atoms with Gasteiger partial charge in [-0.3, -0.25) is 9.00 Å². The molecule has 92 valence electrons. The van der Waals surface area contributed by atoms with E-state index in [2.05, 4.69) is 0 Å². The van der Waals surface area contributed by atoms with E-state index in [-0.39, 0.29) is 5.92 Å². The molecule has 2 rings (SSSR count). The summed E-state index contributed by atoms with van der Waals surface area (Å²) in [5, 5.41) is 8.33. The third-order valence-electron chi connectivity index (χ3n) is 2.80. The fourth-order valence-corrected chi connectivity index (χ4v) is 3.28. The minimum absolute atomic E-state index is 0.0551. The van der Waals surface area contributed by atoms with Crippen molar-refractivity contribution >= 4 is 16.8 Å². The zero-order valence-electron chi connectivity index (χ0n) is 9.46. The summed E-state index contributed by atoms with van der Waals surface area (Å²) in [6, 6.07) is 6.77. The highest BCUT2D eigenvalue weighted by Crippen LogP contribution is 2.37. The first-order chi connectivity index (χ1) is 8.13. The van der Waals surface area contributed by atoms with Crippen molar-refractivity contribution in [3.05, 3.63) is 24.3 Å². The summed E-state index contributed by atoms with van der Waals surface area (Å²) in [5.41, 5.74) is 0. The van der Waals surface area contributed by atoms with E-state index in [0.717, 1.165) is 12.8 Å². The minimum Gasteiger partial charge on any atom is -0.497 e. The van der Waals surface area contributed by atoms with E-state index in [1.807, 2.05) is 0 Å². The molecule has 0 spiro atoms. The van der Waals surface area contributed by atoms with Crippen molar-refractivity contribution in [3.8, 4) is 5.75 Å². The Kier molecular flexibility index (Phi) is 3.47. The summed E-state index contributed by atoms with van der Waals surface area (Å²) < 4.78 is 17.3. The average Bonchev–Trinajstić information content (AvgIpc) is 3.13. The van der Waals surface area contributed by atoms with Gasteiger partial charge in [0.2, 0.25) is 0 Å². The van der Waals surface area contributed by atoms with Crippen LogP contribution in [0.4, 0.5) is 0 Å². The first-order valence-corrected chi connectivity index (χ1v) is 6.62. The second-order valence-corrected chi connectivity index (χ2v) is 5.65. The van der Waals surface area contributed by atoms with Crippen molar-refractivity contribution in [3.63, 3.8) is 0 Å². The van der Waals surface area contributed by atoms with E-state index in [1.54, 1.807) is 24.3 Å². The Hall–Kier alpha value is -1.36. The maximum absolute atomic E-state index is 12.2. The SMILES string of the molecule is COc1cccc(S(=O)C(C(=O)O)C2CC2)c1. The van der Waals surface area contributed by atoms with Crippen LogP contribution in [-0.4, -0.2) is 27.6 Å². The van der Waals surface area contributed by atoms with Gasteiger partial charge < -0.3 is 9.84 Å². The van der Waals surface area contributed by atoms with E-state index in [9.17, 15) is 9.00 Å². The average molecular weight is 254 g/mol. The van der Waals surface area contributed by atoms with Gasteiger partial charge in [-0.1, -0.05) is 6.07 Å². The predicted octanol–water partition coefficient (Wildman–Crippen LogP) is 1.67. The second kappa shape index (κ2) is 4.87. The van der Waals surface area contributed by atoms with Gasteiger partial charge in [-0.05, 0) is 37.0 Å². The Morgan fingerprint density at radius 1 is 1.53 bits per heavy atom. The Morgan fingerprint density at radius 2 is 2.24 bits per heavy atom. The van der Waals surface area contributed by atoms with Crippen LogP contribution in [0.5, 0.6) is 5.75 Å². The van der Waals surface area contributed by atoms with E-state index < -0.39 is 22.0 Å². The molecule has 1 fully saturated rings. The molecule has 1 saturated carbocycles. The highest BCUT2D eigenvalue weighted by molar-refractivity contribution is 7.86. The maximum atomic E-state index is 12.2. The maximum Gasteiger partial charge on any atom is 0.319 e. The molecule has 0 aliphatic heterocycles. The molecule has 1 aromatic carbocycles. The topological polar surface area (TPSA) is 63.6 Å². The number of carboxylic acid groups (broad SMARTS) is 1. The lowest BCUT2D eigenvalue weighted by molar-refractivity contribution is -0.136. The predicted molar refractivity (Wildman–Crippen MR) is 63.6 cm³/mol. The Labute approximate surface area is 102 Å². The molecule has 0 heterocycles. The molecule has 0 radical (unpaired) electrons. The molecule has 17 heavy (non-hydrogen) atoms. The number of rotatable bonds is 5. The number of hydrogen-bond donors (Lipinski definition) is 1. The molecule has 1 N–H and O–H groups in total. The van der Waals surface area contributed by atoms with Gasteiger partial charge >= 0.3 is 5.97 Å². The van der Waals surface area contributed by atoms with Crippen molar-refractivity contribution in [2.45, 2.75) is 23.0 Å². The van der Waals surface area contributed by atoms with Crippen LogP contribution in [0.25, 0.3) is 0 Å². The van der Waals surface area contributed by atoms with Gasteiger partial charge in [0.25, 0.3) is 0 Å². The van der Waals surface area contributed by atoms with Crippen LogP contribution in [-0.2, 0) is 15.6 Å². The Balaban J connectivity index is 2.25. The van der Waals surface area contributed by atoms with E-state index in [4.69, 9.17) is 9.84 Å². The lowest BCUT2D eigenvalue weighted by atomic mass is 10.3. The van der Waals surface area contributed by atoms with Gasteiger partial charge in [-0.2, -0.15) is 0 Å². The van der Waals surface area contributed by atoms with Crippen LogP contribution in [0.3, 0.4) is 0 Å². The standard InChI is InChI=1S/C12H14O4S/c1-16-9-3-2-4-10(7-9)17(15)11(12(13)14)8-5-6-8/h2-4,7-8,11H,5-6H2,1H3,(H,13,14). The molecule has 0 aromatic heterocycles. The summed E-state index contributed by atoms with van der Waals surface area (Å²) in [4.78, 5) is 11.6. The minimum atomic E-state index is -1.51. The fraction of sp³-hybridized carbons (Fsp3) is 0.417. The molecule has 0 bridgehead atoms. The monoisotopic (exact) mass is 254 g/mol. The van der Waals surface area contributed by atoms with Gasteiger partial charge in [0.1, 0.15) is 11.0 Å². The molecule has 1 aliphatic rings. The molecule has 5 heteroatoms. The molecule has 2 atom stereocenters. The first-order valence-electron chi connectivity index (χ1n) is 5.41. The second-order valence-electron chi connectivity index (χ2n) is 4.07. The van der Waals surface area contributed by atoms with E-state index in [0.29, 0.717) is 10.6 Å². The number of ether oxygens (including phenoxy) is 1. The smallest absolute Gasteiger partial charge is 0.319 e. The third kappa shape index (κ3) is 2.66. The highest BCUT2D eigenvalue weighted by Gasteiger charge is 2.41. The summed E-state index contributed by atoms with van der Waals surface area (Å²) >= 11 is 0. The van der Waals surface area contributed by atoms with Crippen molar-refractivity contribution < 1.29 is 18.8 Å². The molecule has 1 aliphatic carbocycles. The lowest BCUT2D eigenvalue weighted by Crippen LogP contribution is -2.27. The number of benzene rings is 1. The number of aliphatic carboxylic acids is 1. The van der Waals surface area contributed by atoms with Crippen molar-refractivity contribution in [2.75, 3.05) is 7.11 Å². The van der Waals surface area contributed by atoms with Gasteiger partial charge in [0.15, 0.2) is 0 Å². The molecular weight excluding hydrogens is 240 g/mol. The van der Waals surface area contributed by atoms with Crippen LogP contribution < -0.4 is 4.74 Å². The number of hydrogen-bond acceptors (Lipinski definition) is 3. The molecule has 2 unspecified atom stereocenters. The number of carbonyl (C=O) groups is 1. The van der Waals surface area contributed by atoms with Crippen LogP contribution >= 0.6 is 0 Å². The Bertz CT molecular complexity index is 454. The van der Waals surface area contributed by atoms with Crippen molar-refractivity contribution in [1.82, 2.24) is 0 Å². The molecule has 1 aromatic rings. The highest BCUT2D eigenvalue weighted by atomic mass is 32.2.